The molecule has 8 heteroatoms. The van der Waals surface area contributed by atoms with Crippen molar-refractivity contribution in [2.45, 2.75) is 23.5 Å². The fraction of sp³-hybridized carbons (Fsp3) is 0.389. The first kappa shape index (κ1) is 17.3. The minimum Gasteiger partial charge on any atom is -0.459 e. The molecule has 2 aliphatic rings. The largest absolute Gasteiger partial charge is 0.459 e. The highest BCUT2D eigenvalue weighted by Crippen LogP contribution is 2.38. The van der Waals surface area contributed by atoms with Crippen LogP contribution in [0.15, 0.2) is 58.0 Å². The molecule has 0 N–H and O–H groups in total. The van der Waals surface area contributed by atoms with E-state index in [-0.39, 0.29) is 10.8 Å². The summed E-state index contributed by atoms with van der Waals surface area (Å²) in [7, 11) is -3.64. The molecule has 2 fully saturated rings. The Morgan fingerprint density at radius 3 is 2.38 bits per heavy atom. The number of sulfonamides is 1. The standard InChI is InChI=1S/C18H20N2O5S/c21-17(16-7-4-13-24-16)19-10-8-18(9-11-19)20(12-14-25-18)26(22,23)15-5-2-1-3-6-15/h1-7,13H,8-12,14H2. The van der Waals surface area contributed by atoms with Crippen molar-refractivity contribution in [1.82, 2.24) is 9.21 Å². The van der Waals surface area contributed by atoms with E-state index in [1.165, 1.54) is 10.6 Å². The van der Waals surface area contributed by atoms with Crippen molar-refractivity contribution in [3.8, 4) is 0 Å². The van der Waals surface area contributed by atoms with Gasteiger partial charge in [-0.1, -0.05) is 18.2 Å². The normalized spacial score (nSPS) is 20.5. The van der Waals surface area contributed by atoms with Crippen LogP contribution in [0.3, 0.4) is 0 Å². The van der Waals surface area contributed by atoms with E-state index in [2.05, 4.69) is 0 Å². The molecule has 26 heavy (non-hydrogen) atoms. The number of piperidine rings is 1. The van der Waals surface area contributed by atoms with Gasteiger partial charge in [0.2, 0.25) is 10.0 Å². The predicted molar refractivity (Wildman–Crippen MR) is 92.9 cm³/mol. The van der Waals surface area contributed by atoms with E-state index in [4.69, 9.17) is 9.15 Å². The smallest absolute Gasteiger partial charge is 0.289 e. The Morgan fingerprint density at radius 1 is 1.00 bits per heavy atom. The highest BCUT2D eigenvalue weighted by Gasteiger charge is 2.51. The second-order valence-corrected chi connectivity index (χ2v) is 8.32. The molecule has 0 saturated carbocycles. The van der Waals surface area contributed by atoms with Crippen LogP contribution in [0.1, 0.15) is 23.4 Å². The quantitative estimate of drug-likeness (QED) is 0.818. The Labute approximate surface area is 152 Å². The maximum absolute atomic E-state index is 13.1. The van der Waals surface area contributed by atoms with Crippen molar-refractivity contribution in [3.63, 3.8) is 0 Å². The summed E-state index contributed by atoms with van der Waals surface area (Å²) < 4.78 is 38.7. The summed E-state index contributed by atoms with van der Waals surface area (Å²) >= 11 is 0. The number of ether oxygens (including phenoxy) is 1. The summed E-state index contributed by atoms with van der Waals surface area (Å²) in [6.07, 6.45) is 2.34. The molecular formula is C18H20N2O5S. The lowest BCUT2D eigenvalue weighted by atomic mass is 10.0. The fourth-order valence-electron chi connectivity index (χ4n) is 3.66. The maximum Gasteiger partial charge on any atom is 0.289 e. The van der Waals surface area contributed by atoms with Gasteiger partial charge in [-0.25, -0.2) is 8.42 Å². The molecule has 7 nitrogen and oxygen atoms in total. The van der Waals surface area contributed by atoms with Gasteiger partial charge in [-0.05, 0) is 24.3 Å². The van der Waals surface area contributed by atoms with E-state index in [1.54, 1.807) is 47.4 Å². The molecule has 1 aromatic carbocycles. The van der Waals surface area contributed by atoms with Gasteiger partial charge in [0.25, 0.3) is 5.91 Å². The molecule has 2 aliphatic heterocycles. The van der Waals surface area contributed by atoms with Crippen molar-refractivity contribution in [3.05, 3.63) is 54.5 Å². The molecule has 2 saturated heterocycles. The summed E-state index contributed by atoms with van der Waals surface area (Å²) in [5, 5.41) is 0. The van der Waals surface area contributed by atoms with E-state index < -0.39 is 15.7 Å². The van der Waals surface area contributed by atoms with Crippen molar-refractivity contribution in [1.29, 1.82) is 0 Å². The Kier molecular flexibility index (Phi) is 4.34. The second kappa shape index (κ2) is 6.53. The monoisotopic (exact) mass is 376 g/mol. The lowest BCUT2D eigenvalue weighted by Gasteiger charge is -2.42. The topological polar surface area (TPSA) is 80.1 Å². The first-order chi connectivity index (χ1) is 12.5. The van der Waals surface area contributed by atoms with Crippen LogP contribution in [-0.4, -0.2) is 55.5 Å². The number of carbonyl (C=O) groups excluding carboxylic acids is 1. The Bertz CT molecular complexity index is 872. The molecule has 3 heterocycles. The number of benzene rings is 1. The first-order valence-corrected chi connectivity index (χ1v) is 10.0. The van der Waals surface area contributed by atoms with Gasteiger partial charge >= 0.3 is 0 Å². The average molecular weight is 376 g/mol. The number of rotatable bonds is 3. The molecule has 4 rings (SSSR count). The Balaban J connectivity index is 1.53. The van der Waals surface area contributed by atoms with Crippen LogP contribution in [0.4, 0.5) is 0 Å². The zero-order valence-electron chi connectivity index (χ0n) is 14.2. The third-order valence-electron chi connectivity index (χ3n) is 5.01. The Hall–Kier alpha value is -2.16. The van der Waals surface area contributed by atoms with Crippen molar-refractivity contribution < 1.29 is 22.4 Å². The van der Waals surface area contributed by atoms with Gasteiger partial charge in [-0.3, -0.25) is 4.79 Å². The average Bonchev–Trinajstić information content (AvgIpc) is 3.33. The molecule has 0 unspecified atom stereocenters. The van der Waals surface area contributed by atoms with Crippen molar-refractivity contribution >= 4 is 15.9 Å². The summed E-state index contributed by atoms with van der Waals surface area (Å²) in [5.41, 5.74) is -0.880. The number of carbonyl (C=O) groups is 1. The van der Waals surface area contributed by atoms with Gasteiger partial charge in [0.05, 0.1) is 17.8 Å². The van der Waals surface area contributed by atoms with Crippen LogP contribution >= 0.6 is 0 Å². The fourth-order valence-corrected chi connectivity index (χ4v) is 5.41. The number of hydrogen-bond acceptors (Lipinski definition) is 5. The lowest BCUT2D eigenvalue weighted by molar-refractivity contribution is -0.0859. The molecule has 1 spiro atoms. The predicted octanol–water partition coefficient (Wildman–Crippen LogP) is 1.93. The van der Waals surface area contributed by atoms with Crippen LogP contribution in [0.25, 0.3) is 0 Å². The maximum atomic E-state index is 13.1. The highest BCUT2D eigenvalue weighted by atomic mass is 32.2. The Morgan fingerprint density at radius 2 is 1.73 bits per heavy atom. The van der Waals surface area contributed by atoms with Crippen LogP contribution < -0.4 is 0 Å². The third-order valence-corrected chi connectivity index (χ3v) is 6.98. The van der Waals surface area contributed by atoms with Gasteiger partial charge in [0.1, 0.15) is 5.72 Å². The van der Waals surface area contributed by atoms with E-state index in [0.717, 1.165) is 0 Å². The number of hydrogen-bond donors (Lipinski definition) is 0. The number of likely N-dealkylation sites (tertiary alicyclic amines) is 1. The van der Waals surface area contributed by atoms with Crippen LogP contribution in [0, 0.1) is 0 Å². The number of amides is 1. The highest BCUT2D eigenvalue weighted by molar-refractivity contribution is 7.89. The minimum absolute atomic E-state index is 0.180. The molecule has 2 aromatic rings. The number of nitrogens with zero attached hydrogens (tertiary/aromatic N) is 2. The molecule has 1 amide bonds. The van der Waals surface area contributed by atoms with Gasteiger partial charge in [-0.15, -0.1) is 0 Å². The van der Waals surface area contributed by atoms with Crippen molar-refractivity contribution in [2.75, 3.05) is 26.2 Å². The molecular weight excluding hydrogens is 356 g/mol. The molecule has 0 atom stereocenters. The molecule has 1 aromatic heterocycles. The molecule has 0 radical (unpaired) electrons. The summed E-state index contributed by atoms with van der Waals surface area (Å²) in [4.78, 5) is 14.4. The number of furan rings is 1. The van der Waals surface area contributed by atoms with Gasteiger partial charge in [0.15, 0.2) is 5.76 Å². The molecule has 138 valence electrons. The zero-order valence-corrected chi connectivity index (χ0v) is 15.0. The summed E-state index contributed by atoms with van der Waals surface area (Å²) in [6, 6.07) is 11.7. The zero-order chi connectivity index (χ0) is 18.2. The van der Waals surface area contributed by atoms with E-state index in [1.807, 2.05) is 0 Å². The lowest BCUT2D eigenvalue weighted by Crippen LogP contribution is -2.55. The molecule has 0 bridgehead atoms. The summed E-state index contributed by atoms with van der Waals surface area (Å²) in [5.74, 6) is 0.113. The van der Waals surface area contributed by atoms with E-state index in [0.29, 0.717) is 44.8 Å². The van der Waals surface area contributed by atoms with Gasteiger partial charge in [-0.2, -0.15) is 4.31 Å². The van der Waals surface area contributed by atoms with Crippen LogP contribution in [-0.2, 0) is 14.8 Å². The van der Waals surface area contributed by atoms with E-state index >= 15 is 0 Å². The third kappa shape index (κ3) is 2.84. The first-order valence-electron chi connectivity index (χ1n) is 8.58. The van der Waals surface area contributed by atoms with Gasteiger partial charge < -0.3 is 14.1 Å². The van der Waals surface area contributed by atoms with Crippen LogP contribution in [0.5, 0.6) is 0 Å². The minimum atomic E-state index is -3.64. The summed E-state index contributed by atoms with van der Waals surface area (Å²) in [6.45, 7) is 1.52. The van der Waals surface area contributed by atoms with Gasteiger partial charge in [0, 0.05) is 32.5 Å². The van der Waals surface area contributed by atoms with Crippen molar-refractivity contribution in [2.24, 2.45) is 0 Å². The van der Waals surface area contributed by atoms with Crippen LogP contribution in [0.2, 0.25) is 0 Å². The SMILES string of the molecule is O=C(c1ccco1)N1CCC2(CC1)OCCN2S(=O)(=O)c1ccccc1. The van der Waals surface area contributed by atoms with E-state index in [9.17, 15) is 13.2 Å². The molecule has 0 aliphatic carbocycles. The second-order valence-electron chi connectivity index (χ2n) is 6.45.